The van der Waals surface area contributed by atoms with Gasteiger partial charge in [0.25, 0.3) is 0 Å². The number of benzene rings is 2. The summed E-state index contributed by atoms with van der Waals surface area (Å²) in [6.07, 6.45) is 0.0197. The zero-order valence-electron chi connectivity index (χ0n) is 24.5. The van der Waals surface area contributed by atoms with Gasteiger partial charge in [-0.1, -0.05) is 44.2 Å². The molecule has 13 heteroatoms. The number of halogens is 3. The molecule has 3 aromatic heterocycles. The molecule has 44 heavy (non-hydrogen) atoms. The lowest BCUT2D eigenvalue weighted by Crippen LogP contribution is -2.35. The lowest BCUT2D eigenvalue weighted by Gasteiger charge is -2.22. The van der Waals surface area contributed by atoms with Gasteiger partial charge in [0.1, 0.15) is 17.8 Å². The van der Waals surface area contributed by atoms with Crippen LogP contribution in [0.3, 0.4) is 0 Å². The second-order valence-electron chi connectivity index (χ2n) is 12.4. The summed E-state index contributed by atoms with van der Waals surface area (Å²) in [7, 11) is 1.79. The third-order valence-electron chi connectivity index (χ3n) is 7.81. The molecule has 0 aliphatic heterocycles. The summed E-state index contributed by atoms with van der Waals surface area (Å²) in [5.41, 5.74) is 1.42. The largest absolute Gasteiger partial charge is 0.413 e. The van der Waals surface area contributed by atoms with Crippen LogP contribution in [-0.4, -0.2) is 42.5 Å². The van der Waals surface area contributed by atoms with Crippen LogP contribution in [0, 0.1) is 28.1 Å². The van der Waals surface area contributed by atoms with Crippen LogP contribution in [-0.2, 0) is 12.6 Å². The van der Waals surface area contributed by atoms with Crippen molar-refractivity contribution in [3.05, 3.63) is 71.3 Å². The number of hydrogen-bond acceptors (Lipinski definition) is 8. The van der Waals surface area contributed by atoms with E-state index in [4.69, 9.17) is 0 Å². The summed E-state index contributed by atoms with van der Waals surface area (Å²) < 4.78 is 44.4. The van der Waals surface area contributed by atoms with Gasteiger partial charge >= 0.3 is 6.18 Å². The fourth-order valence-corrected chi connectivity index (χ4v) is 5.38. The van der Waals surface area contributed by atoms with Gasteiger partial charge in [-0.05, 0) is 30.4 Å². The van der Waals surface area contributed by atoms with E-state index in [1.807, 2.05) is 24.4 Å². The van der Waals surface area contributed by atoms with Crippen molar-refractivity contribution >= 4 is 33.2 Å². The molecule has 6 rings (SSSR count). The number of aromatic nitrogens is 6. The average Bonchev–Trinajstić information content (AvgIpc) is 3.49. The van der Waals surface area contributed by atoms with Crippen LogP contribution < -0.4 is 10.6 Å². The maximum absolute atomic E-state index is 14.0. The number of nitrogens with zero attached hydrogens (tertiary/aromatic N) is 8. The summed E-state index contributed by atoms with van der Waals surface area (Å²) >= 11 is 0. The quantitative estimate of drug-likeness (QED) is 0.227. The summed E-state index contributed by atoms with van der Waals surface area (Å²) in [5, 5.41) is 40.9. The first-order valence-electron chi connectivity index (χ1n) is 14.0. The van der Waals surface area contributed by atoms with E-state index in [-0.39, 0.29) is 29.5 Å². The third-order valence-corrected chi connectivity index (χ3v) is 7.81. The number of hydrogen-bond donors (Lipinski definition) is 2. The van der Waals surface area contributed by atoms with Crippen molar-refractivity contribution in [1.29, 1.82) is 10.5 Å². The van der Waals surface area contributed by atoms with Gasteiger partial charge in [-0.25, -0.2) is 4.68 Å². The summed E-state index contributed by atoms with van der Waals surface area (Å²) in [5.74, 6) is 0. The molecule has 2 aromatic carbocycles. The number of anilines is 2. The highest BCUT2D eigenvalue weighted by Gasteiger charge is 2.66. The molecule has 1 fully saturated rings. The van der Waals surface area contributed by atoms with Crippen LogP contribution in [0.4, 0.5) is 24.5 Å². The molecule has 1 unspecified atom stereocenters. The van der Waals surface area contributed by atoms with Gasteiger partial charge in [0.05, 0.1) is 40.1 Å². The van der Waals surface area contributed by atoms with Gasteiger partial charge in [-0.15, -0.1) is 5.10 Å². The first-order valence-corrected chi connectivity index (χ1v) is 14.0. The number of alkyl halides is 3. The molecular formula is C31H29F3N10. The van der Waals surface area contributed by atoms with Crippen molar-refractivity contribution in [2.24, 2.45) is 12.5 Å². The molecule has 0 bridgehead atoms. The number of fused-ring (bicyclic) bond motifs is 2. The minimum atomic E-state index is -4.47. The number of aryl methyl sites for hydroxylation is 1. The van der Waals surface area contributed by atoms with Gasteiger partial charge in [0, 0.05) is 48.0 Å². The fourth-order valence-electron chi connectivity index (χ4n) is 5.38. The first kappa shape index (κ1) is 28.9. The monoisotopic (exact) mass is 598 g/mol. The zero-order valence-corrected chi connectivity index (χ0v) is 24.5. The minimum Gasteiger partial charge on any atom is -0.383 e. The Kier molecular flexibility index (Phi) is 6.72. The van der Waals surface area contributed by atoms with Gasteiger partial charge in [-0.2, -0.15) is 28.8 Å². The molecule has 0 spiro atoms. The lowest BCUT2D eigenvalue weighted by atomic mass is 9.96. The van der Waals surface area contributed by atoms with Crippen LogP contribution in [0.25, 0.3) is 21.8 Å². The molecule has 0 saturated heterocycles. The predicted octanol–water partition coefficient (Wildman–Crippen LogP) is 6.17. The number of nitrogens with one attached hydrogen (secondary N) is 2. The number of rotatable bonds is 7. The van der Waals surface area contributed by atoms with Gasteiger partial charge < -0.3 is 10.6 Å². The number of nitriles is 2. The first-order chi connectivity index (χ1) is 20.8. The second-order valence-corrected chi connectivity index (χ2v) is 12.4. The molecule has 2 N–H and O–H groups in total. The van der Waals surface area contributed by atoms with Crippen LogP contribution in [0.15, 0.2) is 48.9 Å². The molecule has 1 aliphatic rings. The zero-order chi connectivity index (χ0) is 31.4. The Morgan fingerprint density at radius 1 is 1.05 bits per heavy atom. The van der Waals surface area contributed by atoms with Gasteiger partial charge in [0.15, 0.2) is 5.54 Å². The second kappa shape index (κ2) is 10.2. The van der Waals surface area contributed by atoms with E-state index < -0.39 is 17.8 Å². The van der Waals surface area contributed by atoms with Crippen LogP contribution in [0.2, 0.25) is 0 Å². The molecule has 3 heterocycles. The Morgan fingerprint density at radius 3 is 2.45 bits per heavy atom. The van der Waals surface area contributed by atoms with Crippen LogP contribution >= 0.6 is 0 Å². The van der Waals surface area contributed by atoms with Crippen molar-refractivity contribution in [3.63, 3.8) is 0 Å². The van der Waals surface area contributed by atoms with E-state index in [1.165, 1.54) is 12.4 Å². The Labute approximate surface area is 251 Å². The van der Waals surface area contributed by atoms with Gasteiger partial charge in [0.2, 0.25) is 0 Å². The highest BCUT2D eigenvalue weighted by atomic mass is 19.4. The average molecular weight is 599 g/mol. The predicted molar refractivity (Wildman–Crippen MR) is 159 cm³/mol. The Hall–Kier alpha value is -5.17. The van der Waals surface area contributed by atoms with E-state index in [2.05, 4.69) is 63.9 Å². The molecule has 0 radical (unpaired) electrons. The van der Waals surface area contributed by atoms with E-state index in [0.29, 0.717) is 45.5 Å². The van der Waals surface area contributed by atoms with E-state index in [1.54, 1.807) is 23.9 Å². The smallest absolute Gasteiger partial charge is 0.383 e. The van der Waals surface area contributed by atoms with Crippen LogP contribution in [0.1, 0.15) is 62.0 Å². The topological polar surface area (TPSA) is 133 Å². The van der Waals surface area contributed by atoms with Crippen molar-refractivity contribution in [3.8, 4) is 12.1 Å². The molecule has 1 saturated carbocycles. The Bertz CT molecular complexity index is 1980. The van der Waals surface area contributed by atoms with E-state index in [0.717, 1.165) is 10.1 Å². The molecule has 0 amide bonds. The highest BCUT2D eigenvalue weighted by molar-refractivity contribution is 5.99. The normalized spacial score (nSPS) is 15.1. The van der Waals surface area contributed by atoms with Crippen LogP contribution in [0.5, 0.6) is 0 Å². The van der Waals surface area contributed by atoms with Crippen molar-refractivity contribution in [1.82, 2.24) is 29.8 Å². The summed E-state index contributed by atoms with van der Waals surface area (Å²) in [6.45, 7) is 6.73. The van der Waals surface area contributed by atoms with E-state index >= 15 is 0 Å². The molecule has 5 aromatic rings. The van der Waals surface area contributed by atoms with Gasteiger partial charge in [-0.3, -0.25) is 9.67 Å². The van der Waals surface area contributed by atoms with Crippen molar-refractivity contribution in [2.45, 2.75) is 51.4 Å². The SMILES string of the molecule is Cn1cc2cccc(C(Nc3cc(C#N)c4ncc(C#N)c(NCC(C)(C)C)c4c3)c3cn(C4(C(F)(F)F)CC4)nn3)c2n1. The standard InChI is InChI=1S/C31H29F3N10/c1-29(2,3)17-38-26-20(13-36)14-37-25-19(12-35)10-21(11-23(25)26)39-28(22-7-5-6-18-15-43(4)41-27(18)22)24-16-44(42-40-24)30(8-9-30)31(32,33)34/h5-7,10-11,14-16,28,39H,8-9,17H2,1-4H3,(H,37,38). The molecule has 224 valence electrons. The summed E-state index contributed by atoms with van der Waals surface area (Å²) in [4.78, 5) is 4.41. The van der Waals surface area contributed by atoms with Crippen molar-refractivity contribution in [2.75, 3.05) is 17.2 Å². The summed E-state index contributed by atoms with van der Waals surface area (Å²) in [6, 6.07) is 12.6. The highest BCUT2D eigenvalue weighted by Crippen LogP contribution is 2.55. The minimum absolute atomic E-state index is 0.0675. The van der Waals surface area contributed by atoms with E-state index in [9.17, 15) is 23.7 Å². The fraction of sp³-hybridized carbons (Fsp3) is 0.355. The van der Waals surface area contributed by atoms with Crippen molar-refractivity contribution < 1.29 is 13.2 Å². The lowest BCUT2D eigenvalue weighted by molar-refractivity contribution is -0.182. The molecule has 1 aliphatic carbocycles. The molecule has 10 nitrogen and oxygen atoms in total. The number of pyridine rings is 1. The molecule has 1 atom stereocenters. The third kappa shape index (κ3) is 5.04. The Balaban J connectivity index is 1.51. The maximum Gasteiger partial charge on any atom is 0.413 e. The molecular weight excluding hydrogens is 569 g/mol. The Morgan fingerprint density at radius 2 is 1.80 bits per heavy atom. The maximum atomic E-state index is 14.0.